The zero-order valence-corrected chi connectivity index (χ0v) is 10.8. The third-order valence-corrected chi connectivity index (χ3v) is 4.28. The fraction of sp³-hybridized carbons (Fsp3) is 0.909. The molecule has 2 aliphatic rings. The van der Waals surface area contributed by atoms with Gasteiger partial charge in [0.2, 0.25) is 5.91 Å². The number of carbonyl (C=O) groups is 1. The number of hydrogen-bond acceptors (Lipinski definition) is 3. The van der Waals surface area contributed by atoms with Crippen molar-refractivity contribution < 1.29 is 18.0 Å². The molecule has 1 saturated heterocycles. The van der Waals surface area contributed by atoms with Crippen LogP contribution >= 0.6 is 11.8 Å². The molecule has 0 aromatic heterocycles. The summed E-state index contributed by atoms with van der Waals surface area (Å²) in [5, 5.41) is 3.13. The minimum absolute atomic E-state index is 0.0474. The molecule has 0 radical (unpaired) electrons. The van der Waals surface area contributed by atoms with Gasteiger partial charge in [-0.25, -0.2) is 0 Å². The molecule has 1 unspecified atom stereocenters. The van der Waals surface area contributed by atoms with Gasteiger partial charge in [-0.2, -0.15) is 13.2 Å². The first kappa shape index (κ1) is 14.0. The van der Waals surface area contributed by atoms with Crippen molar-refractivity contribution in [2.75, 3.05) is 18.8 Å². The Labute approximate surface area is 108 Å². The van der Waals surface area contributed by atoms with E-state index in [1.165, 1.54) is 0 Å². The summed E-state index contributed by atoms with van der Waals surface area (Å²) >= 11 is -0.0546. The number of thioether (sulfide) groups is 1. The Bertz CT molecular complexity index is 305. The highest BCUT2D eigenvalue weighted by Crippen LogP contribution is 2.33. The van der Waals surface area contributed by atoms with E-state index in [-0.39, 0.29) is 42.7 Å². The van der Waals surface area contributed by atoms with Crippen molar-refractivity contribution in [3.05, 3.63) is 0 Å². The number of hydrogen-bond donors (Lipinski definition) is 1. The van der Waals surface area contributed by atoms with Crippen LogP contribution in [-0.2, 0) is 4.79 Å². The Hall–Kier alpha value is -0.430. The van der Waals surface area contributed by atoms with Crippen LogP contribution in [0.3, 0.4) is 0 Å². The summed E-state index contributed by atoms with van der Waals surface area (Å²) in [6.45, 7) is 0.440. The molecule has 0 aromatic carbocycles. The van der Waals surface area contributed by atoms with Gasteiger partial charge in [-0.1, -0.05) is 12.8 Å². The highest BCUT2D eigenvalue weighted by molar-refractivity contribution is 8.00. The number of alkyl halides is 3. The Morgan fingerprint density at radius 2 is 2.00 bits per heavy atom. The molecule has 3 nitrogen and oxygen atoms in total. The fourth-order valence-corrected chi connectivity index (χ4v) is 3.30. The Balaban J connectivity index is 1.85. The molecule has 1 atom stereocenters. The maximum Gasteiger partial charge on any atom is 0.441 e. The van der Waals surface area contributed by atoms with Crippen molar-refractivity contribution in [2.45, 2.75) is 37.4 Å². The van der Waals surface area contributed by atoms with E-state index in [1.807, 2.05) is 0 Å². The van der Waals surface area contributed by atoms with Gasteiger partial charge in [0.1, 0.15) is 0 Å². The number of amides is 1. The molecule has 1 heterocycles. The molecule has 2 fully saturated rings. The van der Waals surface area contributed by atoms with Crippen LogP contribution in [0.4, 0.5) is 13.2 Å². The first-order valence-electron chi connectivity index (χ1n) is 6.21. The minimum Gasteiger partial charge on any atom is -0.325 e. The molecule has 1 aliphatic heterocycles. The SMILES string of the molecule is O=C1CNC(C2CCCC2)N1CCSC(F)(F)F. The maximum absolute atomic E-state index is 12.1. The number of rotatable bonds is 4. The maximum atomic E-state index is 12.1. The van der Waals surface area contributed by atoms with Gasteiger partial charge in [0.15, 0.2) is 0 Å². The highest BCUT2D eigenvalue weighted by atomic mass is 32.2. The normalized spacial score (nSPS) is 26.3. The average molecular weight is 282 g/mol. The van der Waals surface area contributed by atoms with Crippen molar-refractivity contribution >= 4 is 17.7 Å². The zero-order valence-electron chi connectivity index (χ0n) is 10.0. The second-order valence-electron chi connectivity index (χ2n) is 4.75. The summed E-state index contributed by atoms with van der Waals surface area (Å²) < 4.78 is 36.2. The lowest BCUT2D eigenvalue weighted by Gasteiger charge is -2.29. The van der Waals surface area contributed by atoms with Crippen molar-refractivity contribution in [2.24, 2.45) is 5.92 Å². The molecule has 1 N–H and O–H groups in total. The van der Waals surface area contributed by atoms with Gasteiger partial charge in [-0.15, -0.1) is 0 Å². The molecule has 2 rings (SSSR count). The summed E-state index contributed by atoms with van der Waals surface area (Å²) in [6.07, 6.45) is 4.39. The lowest BCUT2D eigenvalue weighted by Crippen LogP contribution is -2.43. The van der Waals surface area contributed by atoms with Gasteiger partial charge >= 0.3 is 5.51 Å². The summed E-state index contributed by atoms with van der Waals surface area (Å²) in [5.74, 6) is 0.252. The van der Waals surface area contributed by atoms with E-state index < -0.39 is 5.51 Å². The molecular weight excluding hydrogens is 265 g/mol. The van der Waals surface area contributed by atoms with Gasteiger partial charge in [0.25, 0.3) is 0 Å². The van der Waals surface area contributed by atoms with E-state index >= 15 is 0 Å². The van der Waals surface area contributed by atoms with Crippen molar-refractivity contribution in [3.63, 3.8) is 0 Å². The Morgan fingerprint density at radius 1 is 1.33 bits per heavy atom. The topological polar surface area (TPSA) is 32.3 Å². The number of nitrogens with zero attached hydrogens (tertiary/aromatic N) is 1. The van der Waals surface area contributed by atoms with Crippen LogP contribution in [-0.4, -0.2) is 41.3 Å². The molecule has 7 heteroatoms. The lowest BCUT2D eigenvalue weighted by molar-refractivity contribution is -0.128. The summed E-state index contributed by atoms with van der Waals surface area (Å²) in [6, 6.07) is 0. The third-order valence-electron chi connectivity index (χ3n) is 3.56. The van der Waals surface area contributed by atoms with Gasteiger partial charge in [0.05, 0.1) is 12.7 Å². The van der Waals surface area contributed by atoms with E-state index in [2.05, 4.69) is 5.32 Å². The largest absolute Gasteiger partial charge is 0.441 e. The van der Waals surface area contributed by atoms with Crippen LogP contribution in [0, 0.1) is 5.92 Å². The minimum atomic E-state index is -4.21. The predicted octanol–water partition coefficient (Wildman–Crippen LogP) is 2.19. The molecular formula is C11H17F3N2OS. The van der Waals surface area contributed by atoms with Crippen molar-refractivity contribution in [1.82, 2.24) is 10.2 Å². The predicted molar refractivity (Wildman–Crippen MR) is 64.0 cm³/mol. The van der Waals surface area contributed by atoms with Crippen LogP contribution in [0.5, 0.6) is 0 Å². The van der Waals surface area contributed by atoms with E-state index in [0.29, 0.717) is 5.92 Å². The third kappa shape index (κ3) is 3.54. The molecule has 0 spiro atoms. The van der Waals surface area contributed by atoms with Gasteiger partial charge in [0, 0.05) is 12.3 Å². The molecule has 1 aliphatic carbocycles. The second-order valence-corrected chi connectivity index (χ2v) is 5.91. The van der Waals surface area contributed by atoms with E-state index in [0.717, 1.165) is 25.7 Å². The number of halogens is 3. The average Bonchev–Trinajstić information content (AvgIpc) is 2.87. The van der Waals surface area contributed by atoms with Gasteiger partial charge < -0.3 is 4.90 Å². The Kier molecular flexibility index (Phi) is 4.42. The van der Waals surface area contributed by atoms with Crippen LogP contribution in [0.15, 0.2) is 0 Å². The van der Waals surface area contributed by atoms with E-state index in [1.54, 1.807) is 4.90 Å². The molecule has 104 valence electrons. The Morgan fingerprint density at radius 3 is 2.61 bits per heavy atom. The molecule has 0 aromatic rings. The second kappa shape index (κ2) is 5.69. The molecule has 0 bridgehead atoms. The first-order chi connectivity index (χ1) is 8.47. The standard InChI is InChI=1S/C11H17F3N2OS/c12-11(13,14)18-6-5-16-9(17)7-15-10(16)8-3-1-2-4-8/h8,10,15H,1-7H2. The van der Waals surface area contributed by atoms with Gasteiger partial charge in [-0.05, 0) is 30.5 Å². The van der Waals surface area contributed by atoms with Crippen molar-refractivity contribution in [3.8, 4) is 0 Å². The van der Waals surface area contributed by atoms with Crippen LogP contribution < -0.4 is 5.32 Å². The van der Waals surface area contributed by atoms with E-state index in [9.17, 15) is 18.0 Å². The highest BCUT2D eigenvalue weighted by Gasteiger charge is 2.37. The van der Waals surface area contributed by atoms with Crippen LogP contribution in [0.1, 0.15) is 25.7 Å². The number of nitrogens with one attached hydrogen (secondary N) is 1. The smallest absolute Gasteiger partial charge is 0.325 e. The summed E-state index contributed by atoms with van der Waals surface area (Å²) in [5.41, 5.74) is -4.21. The monoisotopic (exact) mass is 282 g/mol. The summed E-state index contributed by atoms with van der Waals surface area (Å²) in [7, 11) is 0. The van der Waals surface area contributed by atoms with Crippen LogP contribution in [0.25, 0.3) is 0 Å². The molecule has 1 saturated carbocycles. The zero-order chi connectivity index (χ0) is 13.2. The fourth-order valence-electron chi connectivity index (χ4n) is 2.78. The van der Waals surface area contributed by atoms with Crippen LogP contribution in [0.2, 0.25) is 0 Å². The lowest BCUT2D eigenvalue weighted by atomic mass is 10.0. The number of carbonyl (C=O) groups excluding carboxylic acids is 1. The quantitative estimate of drug-likeness (QED) is 0.858. The van der Waals surface area contributed by atoms with Crippen molar-refractivity contribution in [1.29, 1.82) is 0 Å². The summed E-state index contributed by atoms with van der Waals surface area (Å²) in [4.78, 5) is 13.3. The van der Waals surface area contributed by atoms with E-state index in [4.69, 9.17) is 0 Å². The first-order valence-corrected chi connectivity index (χ1v) is 7.19. The van der Waals surface area contributed by atoms with Gasteiger partial charge in [-0.3, -0.25) is 10.1 Å². The molecule has 1 amide bonds. The molecule has 18 heavy (non-hydrogen) atoms.